The van der Waals surface area contributed by atoms with Crippen LogP contribution in [0.3, 0.4) is 0 Å². The van der Waals surface area contributed by atoms with Crippen molar-refractivity contribution in [3.05, 3.63) is 11.6 Å². The molecule has 0 heterocycles. The summed E-state index contributed by atoms with van der Waals surface area (Å²) in [5.74, 6) is 0. The first-order valence-corrected chi connectivity index (χ1v) is 4.92. The first-order valence-electron chi connectivity index (χ1n) is 4.92. The molecule has 0 aliphatic heterocycles. The van der Waals surface area contributed by atoms with Gasteiger partial charge in [-0.25, -0.2) is 0 Å². The Kier molecular flexibility index (Phi) is 3.68. The standard InChI is InChI=1S/C11H14N2O/c12-8-11(9-13)6-3-5-10(11)4-1-2-7-14/h4,14H,1-3,5-7H2/b10-4-. The molecule has 0 amide bonds. The van der Waals surface area contributed by atoms with Crippen molar-refractivity contribution in [1.29, 1.82) is 10.5 Å². The van der Waals surface area contributed by atoms with Gasteiger partial charge in [-0.2, -0.15) is 10.5 Å². The van der Waals surface area contributed by atoms with Crippen molar-refractivity contribution in [2.24, 2.45) is 5.41 Å². The summed E-state index contributed by atoms with van der Waals surface area (Å²) in [6.07, 6.45) is 5.85. The highest BCUT2D eigenvalue weighted by Crippen LogP contribution is 2.42. The van der Waals surface area contributed by atoms with Gasteiger partial charge in [-0.1, -0.05) is 6.08 Å². The van der Waals surface area contributed by atoms with Gasteiger partial charge in [0.25, 0.3) is 0 Å². The van der Waals surface area contributed by atoms with Crippen LogP contribution in [0.25, 0.3) is 0 Å². The number of allylic oxidation sites excluding steroid dienone is 2. The Balaban J connectivity index is 2.74. The van der Waals surface area contributed by atoms with Crippen LogP contribution < -0.4 is 0 Å². The van der Waals surface area contributed by atoms with Crippen molar-refractivity contribution in [1.82, 2.24) is 0 Å². The maximum absolute atomic E-state index is 8.98. The van der Waals surface area contributed by atoms with E-state index in [4.69, 9.17) is 15.6 Å². The highest BCUT2D eigenvalue weighted by Gasteiger charge is 2.38. The summed E-state index contributed by atoms with van der Waals surface area (Å²) in [6, 6.07) is 4.22. The molecule has 0 saturated heterocycles. The molecule has 1 fully saturated rings. The van der Waals surface area contributed by atoms with Gasteiger partial charge in [0.05, 0.1) is 12.1 Å². The van der Waals surface area contributed by atoms with E-state index in [0.717, 1.165) is 24.8 Å². The van der Waals surface area contributed by atoms with Gasteiger partial charge in [0.1, 0.15) is 0 Å². The van der Waals surface area contributed by atoms with E-state index in [1.165, 1.54) is 0 Å². The molecule has 0 radical (unpaired) electrons. The van der Waals surface area contributed by atoms with Crippen LogP contribution in [0, 0.1) is 28.1 Å². The van der Waals surface area contributed by atoms with Gasteiger partial charge < -0.3 is 5.11 Å². The van der Waals surface area contributed by atoms with Crippen molar-refractivity contribution >= 4 is 0 Å². The molecule has 3 heteroatoms. The predicted octanol–water partition coefficient (Wildman–Crippen LogP) is 1.90. The molecule has 74 valence electrons. The summed E-state index contributed by atoms with van der Waals surface area (Å²) in [5, 5.41) is 26.6. The Morgan fingerprint density at radius 2 is 2.14 bits per heavy atom. The van der Waals surface area contributed by atoms with Gasteiger partial charge >= 0.3 is 0 Å². The molecular formula is C11H14N2O. The van der Waals surface area contributed by atoms with Crippen LogP contribution in [0.4, 0.5) is 0 Å². The van der Waals surface area contributed by atoms with Gasteiger partial charge in [0, 0.05) is 6.61 Å². The van der Waals surface area contributed by atoms with Crippen LogP contribution >= 0.6 is 0 Å². The van der Waals surface area contributed by atoms with E-state index in [0.29, 0.717) is 12.8 Å². The minimum atomic E-state index is -0.866. The Morgan fingerprint density at radius 1 is 1.43 bits per heavy atom. The monoisotopic (exact) mass is 190 g/mol. The molecule has 0 unspecified atom stereocenters. The molecule has 1 aliphatic rings. The number of aliphatic hydroxyl groups is 1. The Labute approximate surface area is 84.3 Å². The number of hydrogen-bond donors (Lipinski definition) is 1. The molecule has 1 aliphatic carbocycles. The Bertz CT molecular complexity index is 292. The molecule has 0 aromatic rings. The van der Waals surface area contributed by atoms with Crippen molar-refractivity contribution in [3.63, 3.8) is 0 Å². The fraction of sp³-hybridized carbons (Fsp3) is 0.636. The van der Waals surface area contributed by atoms with Gasteiger partial charge in [-0.3, -0.25) is 0 Å². The lowest BCUT2D eigenvalue weighted by Gasteiger charge is -2.12. The summed E-state index contributed by atoms with van der Waals surface area (Å²) in [5.41, 5.74) is 0.0890. The van der Waals surface area contributed by atoms with Crippen molar-refractivity contribution in [2.45, 2.75) is 32.1 Å². The predicted molar refractivity (Wildman–Crippen MR) is 51.9 cm³/mol. The van der Waals surface area contributed by atoms with Crippen LogP contribution in [0.1, 0.15) is 32.1 Å². The number of nitriles is 2. The Morgan fingerprint density at radius 3 is 2.71 bits per heavy atom. The quantitative estimate of drug-likeness (QED) is 0.546. The molecule has 0 atom stereocenters. The van der Waals surface area contributed by atoms with E-state index >= 15 is 0 Å². The van der Waals surface area contributed by atoms with E-state index in [1.54, 1.807) is 0 Å². The summed E-state index contributed by atoms with van der Waals surface area (Å²) >= 11 is 0. The molecule has 1 saturated carbocycles. The molecule has 0 bridgehead atoms. The number of aliphatic hydroxyl groups excluding tert-OH is 1. The zero-order chi connectivity index (χ0) is 10.4. The molecule has 14 heavy (non-hydrogen) atoms. The van der Waals surface area contributed by atoms with Gasteiger partial charge in [-0.15, -0.1) is 0 Å². The largest absolute Gasteiger partial charge is 0.396 e. The van der Waals surface area contributed by atoms with Crippen LogP contribution in [-0.2, 0) is 0 Å². The van der Waals surface area contributed by atoms with Crippen molar-refractivity contribution in [2.75, 3.05) is 6.61 Å². The number of unbranched alkanes of at least 4 members (excludes halogenated alkanes) is 1. The molecular weight excluding hydrogens is 176 g/mol. The SMILES string of the molecule is N#CC1(C#N)CCC/C1=C/CCCO. The van der Waals surface area contributed by atoms with E-state index in [2.05, 4.69) is 12.1 Å². The third kappa shape index (κ3) is 1.95. The average Bonchev–Trinajstić information content (AvgIpc) is 2.62. The smallest absolute Gasteiger partial charge is 0.164 e. The fourth-order valence-corrected chi connectivity index (χ4v) is 1.84. The first-order chi connectivity index (χ1) is 6.79. The van der Waals surface area contributed by atoms with E-state index in [1.807, 2.05) is 6.08 Å². The van der Waals surface area contributed by atoms with Crippen LogP contribution in [-0.4, -0.2) is 11.7 Å². The van der Waals surface area contributed by atoms with Crippen LogP contribution in [0.5, 0.6) is 0 Å². The zero-order valence-corrected chi connectivity index (χ0v) is 8.16. The van der Waals surface area contributed by atoms with Crippen molar-refractivity contribution < 1.29 is 5.11 Å². The molecule has 1 N–H and O–H groups in total. The maximum atomic E-state index is 8.98. The minimum absolute atomic E-state index is 0.163. The molecule has 1 rings (SSSR count). The number of hydrogen-bond acceptors (Lipinski definition) is 3. The third-order valence-electron chi connectivity index (χ3n) is 2.68. The molecule has 0 aromatic heterocycles. The van der Waals surface area contributed by atoms with Gasteiger partial charge in [0.2, 0.25) is 0 Å². The zero-order valence-electron chi connectivity index (χ0n) is 8.16. The number of nitrogens with zero attached hydrogens (tertiary/aromatic N) is 2. The first kappa shape index (κ1) is 10.8. The third-order valence-corrected chi connectivity index (χ3v) is 2.68. The normalized spacial score (nSPS) is 21.8. The highest BCUT2D eigenvalue weighted by atomic mass is 16.2. The lowest BCUT2D eigenvalue weighted by molar-refractivity contribution is 0.289. The van der Waals surface area contributed by atoms with E-state index in [-0.39, 0.29) is 6.61 Å². The fourth-order valence-electron chi connectivity index (χ4n) is 1.84. The molecule has 0 spiro atoms. The van der Waals surface area contributed by atoms with Crippen molar-refractivity contribution in [3.8, 4) is 12.1 Å². The summed E-state index contributed by atoms with van der Waals surface area (Å²) in [4.78, 5) is 0. The Hall–Kier alpha value is -1.32. The van der Waals surface area contributed by atoms with Gasteiger partial charge in [-0.05, 0) is 37.7 Å². The van der Waals surface area contributed by atoms with Crippen LogP contribution in [0.2, 0.25) is 0 Å². The summed E-state index contributed by atoms with van der Waals surface area (Å²) < 4.78 is 0. The topological polar surface area (TPSA) is 67.8 Å². The summed E-state index contributed by atoms with van der Waals surface area (Å²) in [6.45, 7) is 0.163. The van der Waals surface area contributed by atoms with E-state index in [9.17, 15) is 0 Å². The number of rotatable bonds is 3. The van der Waals surface area contributed by atoms with E-state index < -0.39 is 5.41 Å². The minimum Gasteiger partial charge on any atom is -0.396 e. The maximum Gasteiger partial charge on any atom is 0.164 e. The highest BCUT2D eigenvalue weighted by molar-refractivity contribution is 5.35. The second-order valence-corrected chi connectivity index (χ2v) is 3.58. The van der Waals surface area contributed by atoms with Gasteiger partial charge in [0.15, 0.2) is 5.41 Å². The molecule has 3 nitrogen and oxygen atoms in total. The second-order valence-electron chi connectivity index (χ2n) is 3.58. The average molecular weight is 190 g/mol. The lowest BCUT2D eigenvalue weighted by atomic mass is 9.85. The second kappa shape index (κ2) is 4.79. The summed E-state index contributed by atoms with van der Waals surface area (Å²) in [7, 11) is 0. The lowest BCUT2D eigenvalue weighted by Crippen LogP contribution is -2.12. The molecule has 0 aromatic carbocycles. The van der Waals surface area contributed by atoms with Crippen LogP contribution in [0.15, 0.2) is 11.6 Å².